The Hall–Kier alpha value is -1.24. The van der Waals surface area contributed by atoms with Crippen LogP contribution in [0, 0.1) is 5.92 Å². The van der Waals surface area contributed by atoms with Gasteiger partial charge in [0.15, 0.2) is 0 Å². The van der Waals surface area contributed by atoms with Crippen molar-refractivity contribution >= 4 is 5.69 Å². The van der Waals surface area contributed by atoms with Gasteiger partial charge in [-0.2, -0.15) is 0 Å². The van der Waals surface area contributed by atoms with Crippen molar-refractivity contribution in [3.05, 3.63) is 43.0 Å². The summed E-state index contributed by atoms with van der Waals surface area (Å²) in [7, 11) is 0. The van der Waals surface area contributed by atoms with Crippen LogP contribution in [0.2, 0.25) is 0 Å². The minimum absolute atomic E-state index is 0.0447. The Morgan fingerprint density at radius 1 is 1.29 bits per heavy atom. The Kier molecular flexibility index (Phi) is 3.34. The molecule has 0 heterocycles. The summed E-state index contributed by atoms with van der Waals surface area (Å²) in [5.74, 6) is 0.433. The number of nitrogens with one attached hydrogen (secondary N) is 1. The van der Waals surface area contributed by atoms with E-state index in [-0.39, 0.29) is 5.54 Å². The first kappa shape index (κ1) is 10.8. The van der Waals surface area contributed by atoms with E-state index in [1.807, 2.05) is 24.3 Å². The van der Waals surface area contributed by atoms with Crippen molar-refractivity contribution in [1.82, 2.24) is 0 Å². The third kappa shape index (κ3) is 2.63. The van der Waals surface area contributed by atoms with E-state index in [4.69, 9.17) is 0 Å². The molecule has 1 heteroatoms. The fraction of sp³-hybridized carbons (Fsp3) is 0.385. The van der Waals surface area contributed by atoms with Gasteiger partial charge in [0.1, 0.15) is 0 Å². The topological polar surface area (TPSA) is 12.0 Å². The van der Waals surface area contributed by atoms with Crippen LogP contribution in [0.25, 0.3) is 0 Å². The van der Waals surface area contributed by atoms with Gasteiger partial charge < -0.3 is 5.32 Å². The van der Waals surface area contributed by atoms with Crippen LogP contribution in [-0.4, -0.2) is 5.54 Å². The second kappa shape index (κ2) is 4.32. The standard InChI is InChI=1S/C13H19N/c1-5-11(2)13(3,4)14-12-9-7-6-8-10-12/h5-11,14H,1H2,2-4H3. The summed E-state index contributed by atoms with van der Waals surface area (Å²) in [4.78, 5) is 0. The third-order valence-corrected chi connectivity index (χ3v) is 2.73. The predicted octanol–water partition coefficient (Wildman–Crippen LogP) is 3.70. The van der Waals surface area contributed by atoms with E-state index in [1.54, 1.807) is 0 Å². The zero-order chi connectivity index (χ0) is 10.6. The molecule has 1 rings (SSSR count). The van der Waals surface area contributed by atoms with E-state index in [0.717, 1.165) is 5.69 Å². The molecule has 1 nitrogen and oxygen atoms in total. The summed E-state index contributed by atoms with van der Waals surface area (Å²) < 4.78 is 0. The molecule has 1 atom stereocenters. The zero-order valence-electron chi connectivity index (χ0n) is 9.25. The first-order valence-corrected chi connectivity index (χ1v) is 5.02. The van der Waals surface area contributed by atoms with Gasteiger partial charge >= 0.3 is 0 Å². The van der Waals surface area contributed by atoms with Crippen molar-refractivity contribution in [2.24, 2.45) is 5.92 Å². The molecule has 0 aliphatic rings. The van der Waals surface area contributed by atoms with Gasteiger partial charge in [-0.3, -0.25) is 0 Å². The third-order valence-electron chi connectivity index (χ3n) is 2.73. The maximum atomic E-state index is 3.83. The number of hydrogen-bond donors (Lipinski definition) is 1. The van der Waals surface area contributed by atoms with E-state index in [2.05, 4.69) is 44.8 Å². The van der Waals surface area contributed by atoms with Crippen LogP contribution in [0.1, 0.15) is 20.8 Å². The van der Waals surface area contributed by atoms with E-state index < -0.39 is 0 Å². The summed E-state index contributed by atoms with van der Waals surface area (Å²) in [5.41, 5.74) is 1.20. The Balaban J connectivity index is 2.73. The van der Waals surface area contributed by atoms with Crippen molar-refractivity contribution in [1.29, 1.82) is 0 Å². The summed E-state index contributed by atoms with van der Waals surface area (Å²) in [6.07, 6.45) is 1.98. The van der Waals surface area contributed by atoms with Crippen molar-refractivity contribution in [3.8, 4) is 0 Å². The Morgan fingerprint density at radius 2 is 1.86 bits per heavy atom. The molecular weight excluding hydrogens is 170 g/mol. The highest BCUT2D eigenvalue weighted by Gasteiger charge is 2.22. The highest BCUT2D eigenvalue weighted by atomic mass is 15.0. The van der Waals surface area contributed by atoms with Gasteiger partial charge in [0, 0.05) is 11.2 Å². The van der Waals surface area contributed by atoms with E-state index in [0.29, 0.717) is 5.92 Å². The van der Waals surface area contributed by atoms with Gasteiger partial charge in [-0.15, -0.1) is 6.58 Å². The Labute approximate surface area is 86.8 Å². The van der Waals surface area contributed by atoms with E-state index in [9.17, 15) is 0 Å². The fourth-order valence-electron chi connectivity index (χ4n) is 1.30. The van der Waals surface area contributed by atoms with Crippen molar-refractivity contribution < 1.29 is 0 Å². The van der Waals surface area contributed by atoms with Gasteiger partial charge in [-0.25, -0.2) is 0 Å². The molecule has 0 saturated carbocycles. The van der Waals surface area contributed by atoms with Crippen LogP contribution in [0.15, 0.2) is 43.0 Å². The van der Waals surface area contributed by atoms with E-state index in [1.165, 1.54) is 0 Å². The van der Waals surface area contributed by atoms with Crippen LogP contribution in [0.5, 0.6) is 0 Å². The van der Waals surface area contributed by atoms with Crippen LogP contribution >= 0.6 is 0 Å². The average molecular weight is 189 g/mol. The predicted molar refractivity (Wildman–Crippen MR) is 63.5 cm³/mol. The molecule has 76 valence electrons. The van der Waals surface area contributed by atoms with Gasteiger partial charge in [-0.05, 0) is 31.9 Å². The summed E-state index contributed by atoms with van der Waals surface area (Å²) in [6, 6.07) is 10.3. The number of benzene rings is 1. The second-order valence-electron chi connectivity index (χ2n) is 4.24. The molecule has 14 heavy (non-hydrogen) atoms. The zero-order valence-corrected chi connectivity index (χ0v) is 9.25. The lowest BCUT2D eigenvalue weighted by molar-refractivity contribution is 0.447. The molecule has 0 aliphatic carbocycles. The molecule has 1 aromatic rings. The molecule has 1 aromatic carbocycles. The molecular formula is C13H19N. The largest absolute Gasteiger partial charge is 0.380 e. The van der Waals surface area contributed by atoms with Crippen LogP contribution in [0.4, 0.5) is 5.69 Å². The van der Waals surface area contributed by atoms with Crippen molar-refractivity contribution in [3.63, 3.8) is 0 Å². The smallest absolute Gasteiger partial charge is 0.0377 e. The average Bonchev–Trinajstić information content (AvgIpc) is 2.17. The molecule has 0 bridgehead atoms. The molecule has 0 radical (unpaired) electrons. The number of anilines is 1. The molecule has 0 spiro atoms. The summed E-state index contributed by atoms with van der Waals surface area (Å²) in [5, 5.41) is 3.50. The van der Waals surface area contributed by atoms with Gasteiger partial charge in [0.05, 0.1) is 0 Å². The van der Waals surface area contributed by atoms with Crippen molar-refractivity contribution in [2.45, 2.75) is 26.3 Å². The highest BCUT2D eigenvalue weighted by Crippen LogP contribution is 2.22. The maximum Gasteiger partial charge on any atom is 0.0377 e. The minimum atomic E-state index is 0.0447. The number of para-hydroxylation sites is 1. The molecule has 0 fully saturated rings. The fourth-order valence-corrected chi connectivity index (χ4v) is 1.30. The summed E-state index contributed by atoms with van der Waals surface area (Å²) in [6.45, 7) is 10.4. The number of rotatable bonds is 4. The van der Waals surface area contributed by atoms with Crippen LogP contribution < -0.4 is 5.32 Å². The molecule has 0 amide bonds. The molecule has 0 saturated heterocycles. The second-order valence-corrected chi connectivity index (χ2v) is 4.24. The lowest BCUT2D eigenvalue weighted by atomic mass is 9.89. The quantitative estimate of drug-likeness (QED) is 0.712. The van der Waals surface area contributed by atoms with Crippen LogP contribution in [-0.2, 0) is 0 Å². The highest BCUT2D eigenvalue weighted by molar-refractivity contribution is 5.45. The maximum absolute atomic E-state index is 3.83. The first-order chi connectivity index (χ1) is 6.56. The van der Waals surface area contributed by atoms with Gasteiger partial charge in [0.25, 0.3) is 0 Å². The van der Waals surface area contributed by atoms with E-state index >= 15 is 0 Å². The van der Waals surface area contributed by atoms with Crippen molar-refractivity contribution in [2.75, 3.05) is 5.32 Å². The summed E-state index contributed by atoms with van der Waals surface area (Å²) >= 11 is 0. The monoisotopic (exact) mass is 189 g/mol. The lowest BCUT2D eigenvalue weighted by Gasteiger charge is -2.32. The Bertz CT molecular complexity index is 287. The Morgan fingerprint density at radius 3 is 2.36 bits per heavy atom. The molecule has 0 aliphatic heterocycles. The van der Waals surface area contributed by atoms with Gasteiger partial charge in [-0.1, -0.05) is 31.2 Å². The SMILES string of the molecule is C=CC(C)C(C)(C)Nc1ccccc1. The van der Waals surface area contributed by atoms with Gasteiger partial charge in [0.2, 0.25) is 0 Å². The first-order valence-electron chi connectivity index (χ1n) is 5.02. The molecule has 0 aromatic heterocycles. The lowest BCUT2D eigenvalue weighted by Crippen LogP contribution is -2.37. The van der Waals surface area contributed by atoms with Crippen LogP contribution in [0.3, 0.4) is 0 Å². The molecule has 1 unspecified atom stereocenters. The normalized spacial score (nSPS) is 13.4. The minimum Gasteiger partial charge on any atom is -0.380 e. The number of hydrogen-bond acceptors (Lipinski definition) is 1. The molecule has 1 N–H and O–H groups in total.